The van der Waals surface area contributed by atoms with Crippen LogP contribution >= 0.6 is 0 Å². The van der Waals surface area contributed by atoms with Crippen LogP contribution < -0.4 is 0 Å². The van der Waals surface area contributed by atoms with Crippen molar-refractivity contribution >= 4 is 5.91 Å². The van der Waals surface area contributed by atoms with Crippen LogP contribution in [-0.4, -0.2) is 23.0 Å². The molecule has 4 nitrogen and oxygen atoms in total. The van der Waals surface area contributed by atoms with Crippen molar-refractivity contribution in [2.45, 2.75) is 20.4 Å². The Labute approximate surface area is 77.5 Å². The minimum absolute atomic E-state index is 0.0249. The number of hydrogen-bond donors (Lipinski definition) is 0. The highest BCUT2D eigenvalue weighted by Gasteiger charge is 2.13. The molecule has 0 aliphatic rings. The quantitative estimate of drug-likeness (QED) is 0.707. The van der Waals surface area contributed by atoms with Gasteiger partial charge in [-0.3, -0.25) is 4.79 Å². The molecule has 0 N–H and O–H groups in total. The first-order valence-electron chi connectivity index (χ1n) is 4.25. The van der Waals surface area contributed by atoms with Crippen LogP contribution in [0.25, 0.3) is 0 Å². The van der Waals surface area contributed by atoms with Crippen LogP contribution in [0.1, 0.15) is 19.5 Å². The second-order valence-electron chi connectivity index (χ2n) is 3.34. The smallest absolute Gasteiger partial charge is 0.225 e. The summed E-state index contributed by atoms with van der Waals surface area (Å²) >= 11 is 0. The SMILES string of the molecule is CC(C)C(=O)N(C)Cc1ccon1. The molecule has 0 aliphatic carbocycles. The average molecular weight is 182 g/mol. The Kier molecular flexibility index (Phi) is 3.06. The molecule has 13 heavy (non-hydrogen) atoms. The van der Waals surface area contributed by atoms with Gasteiger partial charge in [-0.25, -0.2) is 0 Å². The van der Waals surface area contributed by atoms with E-state index in [2.05, 4.69) is 9.68 Å². The Bertz CT molecular complexity index is 267. The molecule has 0 aromatic carbocycles. The predicted octanol–water partition coefficient (Wildman–Crippen LogP) is 1.29. The molecule has 0 aliphatic heterocycles. The van der Waals surface area contributed by atoms with Crippen LogP contribution in [0.5, 0.6) is 0 Å². The zero-order valence-electron chi connectivity index (χ0n) is 8.15. The fourth-order valence-corrected chi connectivity index (χ4v) is 1.08. The zero-order chi connectivity index (χ0) is 9.84. The third-order valence-electron chi connectivity index (χ3n) is 1.76. The summed E-state index contributed by atoms with van der Waals surface area (Å²) in [5.74, 6) is 0.139. The summed E-state index contributed by atoms with van der Waals surface area (Å²) in [6.45, 7) is 4.26. The van der Waals surface area contributed by atoms with Gasteiger partial charge in [-0.15, -0.1) is 0 Å². The van der Waals surface area contributed by atoms with Gasteiger partial charge >= 0.3 is 0 Å². The normalized spacial score (nSPS) is 10.5. The van der Waals surface area contributed by atoms with Gasteiger partial charge in [0.15, 0.2) is 0 Å². The maximum atomic E-state index is 11.4. The Balaban J connectivity index is 2.51. The molecule has 1 rings (SSSR count). The number of amides is 1. The van der Waals surface area contributed by atoms with Crippen molar-refractivity contribution in [3.63, 3.8) is 0 Å². The molecule has 0 radical (unpaired) electrons. The highest BCUT2D eigenvalue weighted by molar-refractivity contribution is 5.77. The lowest BCUT2D eigenvalue weighted by Crippen LogP contribution is -2.30. The van der Waals surface area contributed by atoms with Crippen LogP contribution in [0.2, 0.25) is 0 Å². The standard InChI is InChI=1S/C9H14N2O2/c1-7(2)9(12)11(3)6-8-4-5-13-10-8/h4-5,7H,6H2,1-3H3. The summed E-state index contributed by atoms with van der Waals surface area (Å²) in [7, 11) is 1.76. The number of nitrogens with zero attached hydrogens (tertiary/aromatic N) is 2. The Hall–Kier alpha value is -1.32. The highest BCUT2D eigenvalue weighted by atomic mass is 16.5. The van der Waals surface area contributed by atoms with Gasteiger partial charge in [0.1, 0.15) is 12.0 Å². The van der Waals surface area contributed by atoms with Gasteiger partial charge in [0, 0.05) is 19.0 Å². The van der Waals surface area contributed by atoms with E-state index in [1.807, 2.05) is 13.8 Å². The number of rotatable bonds is 3. The number of carbonyl (C=O) groups is 1. The van der Waals surface area contributed by atoms with Gasteiger partial charge in [-0.1, -0.05) is 19.0 Å². The third-order valence-corrected chi connectivity index (χ3v) is 1.76. The molecule has 0 unspecified atom stereocenters. The molecule has 0 bridgehead atoms. The molecule has 0 atom stereocenters. The van der Waals surface area contributed by atoms with Crippen molar-refractivity contribution in [1.82, 2.24) is 10.1 Å². The minimum atomic E-state index is 0.0249. The van der Waals surface area contributed by atoms with Crippen LogP contribution in [-0.2, 0) is 11.3 Å². The van der Waals surface area contributed by atoms with Crippen LogP contribution in [0, 0.1) is 5.92 Å². The number of aromatic nitrogens is 1. The van der Waals surface area contributed by atoms with Crippen molar-refractivity contribution in [3.8, 4) is 0 Å². The van der Waals surface area contributed by atoms with Crippen molar-refractivity contribution in [1.29, 1.82) is 0 Å². The van der Waals surface area contributed by atoms with Crippen molar-refractivity contribution in [2.24, 2.45) is 5.92 Å². The molecule has 4 heteroatoms. The predicted molar refractivity (Wildman–Crippen MR) is 47.8 cm³/mol. The van der Waals surface area contributed by atoms with Crippen molar-refractivity contribution < 1.29 is 9.32 Å². The summed E-state index contributed by atoms with van der Waals surface area (Å²) in [5.41, 5.74) is 0.775. The molecular weight excluding hydrogens is 168 g/mol. The third kappa shape index (κ3) is 2.57. The van der Waals surface area contributed by atoms with Crippen LogP contribution in [0.15, 0.2) is 16.9 Å². The molecule has 1 amide bonds. The summed E-state index contributed by atoms with van der Waals surface area (Å²) < 4.78 is 4.67. The minimum Gasteiger partial charge on any atom is -0.364 e. The van der Waals surface area contributed by atoms with E-state index in [-0.39, 0.29) is 11.8 Å². The fraction of sp³-hybridized carbons (Fsp3) is 0.556. The maximum absolute atomic E-state index is 11.4. The van der Waals surface area contributed by atoms with E-state index in [0.29, 0.717) is 6.54 Å². The topological polar surface area (TPSA) is 46.3 Å². The molecular formula is C9H14N2O2. The van der Waals surface area contributed by atoms with E-state index >= 15 is 0 Å². The molecule has 72 valence electrons. The van der Waals surface area contributed by atoms with Gasteiger partial charge in [0.25, 0.3) is 0 Å². The lowest BCUT2D eigenvalue weighted by Gasteiger charge is -2.17. The van der Waals surface area contributed by atoms with Crippen molar-refractivity contribution in [2.75, 3.05) is 7.05 Å². The number of hydrogen-bond acceptors (Lipinski definition) is 3. The molecule has 0 spiro atoms. The monoisotopic (exact) mass is 182 g/mol. The summed E-state index contributed by atoms with van der Waals surface area (Å²) in [5, 5.41) is 3.73. The second kappa shape index (κ2) is 4.07. The molecule has 1 aromatic rings. The summed E-state index contributed by atoms with van der Waals surface area (Å²) in [6.07, 6.45) is 1.50. The van der Waals surface area contributed by atoms with Crippen LogP contribution in [0.4, 0.5) is 0 Å². The van der Waals surface area contributed by atoms with Gasteiger partial charge < -0.3 is 9.42 Å². The van der Waals surface area contributed by atoms with Gasteiger partial charge in [0.2, 0.25) is 5.91 Å². The lowest BCUT2D eigenvalue weighted by atomic mass is 10.2. The van der Waals surface area contributed by atoms with Crippen molar-refractivity contribution in [3.05, 3.63) is 18.0 Å². The summed E-state index contributed by atoms with van der Waals surface area (Å²) in [4.78, 5) is 13.1. The first kappa shape index (κ1) is 9.77. The molecule has 0 fully saturated rings. The molecule has 1 aromatic heterocycles. The molecule has 0 saturated carbocycles. The first-order chi connectivity index (χ1) is 6.11. The van der Waals surface area contributed by atoms with Crippen LogP contribution in [0.3, 0.4) is 0 Å². The average Bonchev–Trinajstić information content (AvgIpc) is 2.55. The van der Waals surface area contributed by atoms with Gasteiger partial charge in [0.05, 0.1) is 6.54 Å². The van der Waals surface area contributed by atoms with Gasteiger partial charge in [-0.2, -0.15) is 0 Å². The first-order valence-corrected chi connectivity index (χ1v) is 4.25. The van der Waals surface area contributed by atoms with E-state index in [1.54, 1.807) is 18.0 Å². The maximum Gasteiger partial charge on any atom is 0.225 e. The lowest BCUT2D eigenvalue weighted by molar-refractivity contribution is -0.133. The zero-order valence-corrected chi connectivity index (χ0v) is 8.15. The Morgan fingerprint density at radius 3 is 2.85 bits per heavy atom. The Morgan fingerprint density at radius 1 is 1.69 bits per heavy atom. The fourth-order valence-electron chi connectivity index (χ4n) is 1.08. The van der Waals surface area contributed by atoms with E-state index < -0.39 is 0 Å². The van der Waals surface area contributed by atoms with E-state index in [9.17, 15) is 4.79 Å². The second-order valence-corrected chi connectivity index (χ2v) is 3.34. The summed E-state index contributed by atoms with van der Waals surface area (Å²) in [6, 6.07) is 1.75. The Morgan fingerprint density at radius 2 is 2.38 bits per heavy atom. The molecule has 1 heterocycles. The van der Waals surface area contributed by atoms with E-state index in [4.69, 9.17) is 0 Å². The number of carbonyl (C=O) groups excluding carboxylic acids is 1. The highest BCUT2D eigenvalue weighted by Crippen LogP contribution is 2.04. The van der Waals surface area contributed by atoms with Gasteiger partial charge in [-0.05, 0) is 0 Å². The van der Waals surface area contributed by atoms with E-state index in [1.165, 1.54) is 6.26 Å². The van der Waals surface area contributed by atoms with E-state index in [0.717, 1.165) is 5.69 Å². The molecule has 0 saturated heterocycles. The largest absolute Gasteiger partial charge is 0.364 e.